The van der Waals surface area contributed by atoms with Gasteiger partial charge in [0.1, 0.15) is 5.56 Å². The van der Waals surface area contributed by atoms with Gasteiger partial charge in [-0.25, -0.2) is 22.0 Å². The Morgan fingerprint density at radius 2 is 1.37 bits per heavy atom. The third-order valence-corrected chi connectivity index (χ3v) is 9.50. The van der Waals surface area contributed by atoms with Crippen LogP contribution in [0.4, 0.5) is 33.3 Å². The van der Waals surface area contributed by atoms with Crippen LogP contribution in [0.3, 0.4) is 0 Å². The van der Waals surface area contributed by atoms with Crippen molar-refractivity contribution in [3.05, 3.63) is 140 Å². The van der Waals surface area contributed by atoms with Crippen LogP contribution in [-0.2, 0) is 22.6 Å². The Balaban J connectivity index is 1.14. The van der Waals surface area contributed by atoms with E-state index in [9.17, 15) is 42.0 Å². The molecule has 0 bridgehead atoms. The minimum atomic E-state index is -2.35. The van der Waals surface area contributed by atoms with Crippen LogP contribution in [0.25, 0.3) is 0 Å². The van der Waals surface area contributed by atoms with Gasteiger partial charge in [-0.15, -0.1) is 0 Å². The highest BCUT2D eigenvalue weighted by Gasteiger charge is 2.39. The van der Waals surface area contributed by atoms with Crippen LogP contribution in [0.15, 0.2) is 72.8 Å². The lowest BCUT2D eigenvalue weighted by Crippen LogP contribution is -2.51. The molecule has 0 aliphatic carbocycles. The Kier molecular flexibility index (Phi) is 11.1. The van der Waals surface area contributed by atoms with E-state index >= 15 is 0 Å². The Morgan fingerprint density at radius 1 is 0.808 bits per heavy atom. The molecule has 0 spiro atoms. The van der Waals surface area contributed by atoms with Crippen molar-refractivity contribution >= 4 is 17.3 Å². The van der Waals surface area contributed by atoms with E-state index in [4.69, 9.17) is 9.47 Å². The van der Waals surface area contributed by atoms with Crippen molar-refractivity contribution in [3.63, 3.8) is 0 Å². The van der Waals surface area contributed by atoms with Crippen molar-refractivity contribution in [1.82, 2.24) is 10.2 Å². The van der Waals surface area contributed by atoms with Crippen LogP contribution in [0.2, 0.25) is 0 Å². The van der Waals surface area contributed by atoms with E-state index in [1.807, 2.05) is 24.3 Å². The van der Waals surface area contributed by atoms with E-state index in [0.29, 0.717) is 30.8 Å². The number of hydrogen-bond acceptors (Lipinski definition) is 8. The first-order chi connectivity index (χ1) is 24.9. The van der Waals surface area contributed by atoms with Crippen LogP contribution in [0.5, 0.6) is 0 Å². The van der Waals surface area contributed by atoms with Gasteiger partial charge in [0.25, 0.3) is 11.6 Å². The number of aliphatic hydroxyl groups excluding tert-OH is 1. The van der Waals surface area contributed by atoms with E-state index in [2.05, 4.69) is 22.0 Å². The second-order valence-corrected chi connectivity index (χ2v) is 12.8. The number of anilines is 1. The van der Waals surface area contributed by atoms with Crippen LogP contribution in [0, 0.1) is 45.1 Å². The summed E-state index contributed by atoms with van der Waals surface area (Å²) in [6, 6.07) is 20.6. The van der Waals surface area contributed by atoms with Gasteiger partial charge in [-0.3, -0.25) is 19.8 Å². The average molecular weight is 727 g/mol. The zero-order valence-corrected chi connectivity index (χ0v) is 27.9. The lowest BCUT2D eigenvalue weighted by molar-refractivity contribution is -0.384. The topological polar surface area (TPSA) is 117 Å². The predicted molar refractivity (Wildman–Crippen MR) is 179 cm³/mol. The summed E-state index contributed by atoms with van der Waals surface area (Å²) >= 11 is 0. The van der Waals surface area contributed by atoms with Gasteiger partial charge in [0.2, 0.25) is 5.82 Å². The molecule has 4 aromatic rings. The van der Waals surface area contributed by atoms with Crippen LogP contribution >= 0.6 is 0 Å². The number of nitro groups is 1. The molecule has 0 unspecified atom stereocenters. The largest absolute Gasteiger partial charge is 0.392 e. The fourth-order valence-electron chi connectivity index (χ4n) is 6.42. The molecule has 2 N–H and O–H groups in total. The molecular weight excluding hydrogens is 691 g/mol. The zero-order chi connectivity index (χ0) is 37.1. The normalized spacial score (nSPS) is 20.9. The van der Waals surface area contributed by atoms with Crippen molar-refractivity contribution in [2.24, 2.45) is 5.92 Å². The number of piperazine rings is 1. The number of benzene rings is 4. The summed E-state index contributed by atoms with van der Waals surface area (Å²) in [5, 5.41) is 22.8. The summed E-state index contributed by atoms with van der Waals surface area (Å²) in [5.74, 6) is -12.7. The minimum Gasteiger partial charge on any atom is -0.392 e. The first kappa shape index (κ1) is 36.8. The molecule has 52 heavy (non-hydrogen) atoms. The number of amides is 1. The van der Waals surface area contributed by atoms with Gasteiger partial charge in [-0.05, 0) is 28.8 Å². The third kappa shape index (κ3) is 7.77. The van der Waals surface area contributed by atoms with Crippen LogP contribution in [0.1, 0.15) is 51.9 Å². The molecule has 4 atom stereocenters. The number of aliphatic hydroxyl groups is 1. The molecule has 4 aromatic carbocycles. The van der Waals surface area contributed by atoms with E-state index < -0.39 is 51.8 Å². The molecule has 1 amide bonds. The molecule has 2 aliphatic rings. The number of nitrogens with one attached hydrogen (secondary N) is 1. The highest BCUT2D eigenvalue weighted by atomic mass is 19.2. The van der Waals surface area contributed by atoms with E-state index in [1.165, 1.54) is 12.1 Å². The Hall–Kier alpha value is -4.96. The molecule has 0 radical (unpaired) electrons. The number of ether oxygens (including phenoxy) is 2. The smallest absolute Gasteiger partial charge is 0.269 e. The molecule has 274 valence electrons. The number of non-ortho nitro benzene ring substituents is 1. The van der Waals surface area contributed by atoms with Gasteiger partial charge in [0.05, 0.1) is 23.7 Å². The lowest BCUT2D eigenvalue weighted by Gasteiger charge is -2.44. The molecule has 2 aliphatic heterocycles. The van der Waals surface area contributed by atoms with E-state index in [0.717, 1.165) is 29.9 Å². The Labute approximate surface area is 295 Å². The SMILES string of the molecule is C[C@H]1[C@@H](CN2CCN(c3ccc([N+](=O)[O-])cc3)CC2)O[C@@H](c2ccc(CNC(=O)c3c(F)c(F)c(F)c(F)c3F)cc2)O[C@H]1c1ccc(CO)cc1. The summed E-state index contributed by atoms with van der Waals surface area (Å²) in [4.78, 5) is 27.5. The standard InChI is InChI=1S/C37H35F5N4O6/c1-21-28(19-44-14-16-45(17-15-44)26-10-12-27(13-11-26)46(49)50)51-37(52-35(21)24-6-4-23(20-47)5-7-24)25-8-2-22(3-9-25)18-43-36(48)29-30(38)32(40)34(42)33(41)31(29)39/h2-13,21,28,35,37,47H,14-20H2,1H3,(H,43,48)/t21-,28+,35+,37+/m0/s1. The van der Waals surface area contributed by atoms with Crippen LogP contribution < -0.4 is 10.2 Å². The van der Waals surface area contributed by atoms with Crippen molar-refractivity contribution < 1.29 is 46.3 Å². The second kappa shape index (κ2) is 15.7. The van der Waals surface area contributed by atoms with Gasteiger partial charge >= 0.3 is 0 Å². The summed E-state index contributed by atoms with van der Waals surface area (Å²) < 4.78 is 81.9. The number of carbonyl (C=O) groups is 1. The summed E-state index contributed by atoms with van der Waals surface area (Å²) in [7, 11) is 0. The monoisotopic (exact) mass is 726 g/mol. The molecule has 2 fully saturated rings. The molecule has 15 heteroatoms. The third-order valence-electron chi connectivity index (χ3n) is 9.50. The second-order valence-electron chi connectivity index (χ2n) is 12.8. The molecule has 6 rings (SSSR count). The number of nitrogens with zero attached hydrogens (tertiary/aromatic N) is 3. The molecular formula is C37H35F5N4O6. The summed E-state index contributed by atoms with van der Waals surface area (Å²) in [6.45, 7) is 5.18. The lowest BCUT2D eigenvalue weighted by atomic mass is 9.90. The first-order valence-corrected chi connectivity index (χ1v) is 16.6. The summed E-state index contributed by atoms with van der Waals surface area (Å²) in [6.07, 6.45) is -1.45. The predicted octanol–water partition coefficient (Wildman–Crippen LogP) is 6.33. The quantitative estimate of drug-likeness (QED) is 0.0641. The maximum atomic E-state index is 14.1. The maximum Gasteiger partial charge on any atom is 0.269 e. The number of hydrogen-bond donors (Lipinski definition) is 2. The molecule has 0 aromatic heterocycles. The Morgan fingerprint density at radius 3 is 1.94 bits per heavy atom. The van der Waals surface area contributed by atoms with Crippen molar-refractivity contribution in [2.45, 2.75) is 38.6 Å². The van der Waals surface area contributed by atoms with Crippen molar-refractivity contribution in [1.29, 1.82) is 0 Å². The zero-order valence-electron chi connectivity index (χ0n) is 27.9. The average Bonchev–Trinajstić information content (AvgIpc) is 3.17. The van der Waals surface area contributed by atoms with Crippen molar-refractivity contribution in [2.75, 3.05) is 37.6 Å². The van der Waals surface area contributed by atoms with Gasteiger partial charge in [-0.2, -0.15) is 0 Å². The molecule has 0 saturated carbocycles. The highest BCUT2D eigenvalue weighted by molar-refractivity contribution is 5.94. The summed E-state index contributed by atoms with van der Waals surface area (Å²) in [5.41, 5.74) is 2.16. The fraction of sp³-hybridized carbons (Fsp3) is 0.324. The fourth-order valence-corrected chi connectivity index (χ4v) is 6.42. The first-order valence-electron chi connectivity index (χ1n) is 16.6. The van der Waals surface area contributed by atoms with Gasteiger partial charge in [-0.1, -0.05) is 55.5 Å². The number of nitro benzene ring substituents is 1. The van der Waals surface area contributed by atoms with E-state index in [-0.39, 0.29) is 37.0 Å². The molecule has 10 nitrogen and oxygen atoms in total. The molecule has 2 heterocycles. The number of carbonyl (C=O) groups excluding carboxylic acids is 1. The minimum absolute atomic E-state index is 0.0374. The van der Waals surface area contributed by atoms with Crippen molar-refractivity contribution in [3.8, 4) is 0 Å². The van der Waals surface area contributed by atoms with Crippen LogP contribution in [-0.4, -0.2) is 59.7 Å². The van der Waals surface area contributed by atoms with Gasteiger partial charge in [0.15, 0.2) is 29.6 Å². The maximum absolute atomic E-state index is 14.1. The highest BCUT2D eigenvalue weighted by Crippen LogP contribution is 2.42. The Bertz CT molecular complexity index is 1880. The number of rotatable bonds is 10. The van der Waals surface area contributed by atoms with Gasteiger partial charge in [0, 0.05) is 68.6 Å². The van der Waals surface area contributed by atoms with E-state index in [1.54, 1.807) is 36.4 Å². The molecule has 2 saturated heterocycles. The number of halogens is 5. The van der Waals surface area contributed by atoms with Gasteiger partial charge < -0.3 is 24.8 Å².